The van der Waals surface area contributed by atoms with Gasteiger partial charge in [0.2, 0.25) is 0 Å². The Morgan fingerprint density at radius 1 is 0.875 bits per heavy atom. The van der Waals surface area contributed by atoms with E-state index in [1.807, 2.05) is 42.5 Å². The molecule has 0 heterocycles. The summed E-state index contributed by atoms with van der Waals surface area (Å²) in [5.74, 6) is 0. The maximum Gasteiger partial charge on any atom is 0.0701 e. The van der Waals surface area contributed by atoms with Crippen LogP contribution in [0.3, 0.4) is 0 Å². The summed E-state index contributed by atoms with van der Waals surface area (Å²) in [5, 5.41) is 9.02. The first-order valence-electron chi connectivity index (χ1n) is 5.06. The van der Waals surface area contributed by atoms with Gasteiger partial charge in [0.1, 0.15) is 0 Å². The fourth-order valence-corrected chi connectivity index (χ4v) is 1.59. The van der Waals surface area contributed by atoms with E-state index in [0.717, 1.165) is 22.4 Å². The van der Waals surface area contributed by atoms with Gasteiger partial charge in [-0.1, -0.05) is 24.3 Å². The van der Waals surface area contributed by atoms with Crippen molar-refractivity contribution in [1.29, 1.82) is 0 Å². The van der Waals surface area contributed by atoms with Crippen molar-refractivity contribution < 1.29 is 5.11 Å². The van der Waals surface area contributed by atoms with E-state index >= 15 is 0 Å². The van der Waals surface area contributed by atoms with Crippen molar-refractivity contribution in [2.24, 2.45) is 0 Å². The molecule has 0 aliphatic carbocycles. The van der Waals surface area contributed by atoms with E-state index < -0.39 is 0 Å². The number of hydrogen-bond donors (Lipinski definition) is 3. The molecule has 3 heteroatoms. The van der Waals surface area contributed by atoms with Crippen LogP contribution in [-0.2, 0) is 6.61 Å². The number of benzene rings is 2. The van der Waals surface area contributed by atoms with Crippen molar-refractivity contribution in [3.8, 4) is 11.1 Å². The summed E-state index contributed by atoms with van der Waals surface area (Å²) < 4.78 is 0. The molecule has 0 unspecified atom stereocenters. The minimum absolute atomic E-state index is 0.0339. The number of rotatable bonds is 2. The van der Waals surface area contributed by atoms with E-state index in [4.69, 9.17) is 16.6 Å². The lowest BCUT2D eigenvalue weighted by Gasteiger charge is -2.06. The lowest BCUT2D eigenvalue weighted by Crippen LogP contribution is -1.94. The molecule has 0 fully saturated rings. The third kappa shape index (κ3) is 1.99. The zero-order valence-corrected chi connectivity index (χ0v) is 8.85. The topological polar surface area (TPSA) is 72.3 Å². The van der Waals surface area contributed by atoms with Crippen LogP contribution in [0.2, 0.25) is 0 Å². The smallest absolute Gasteiger partial charge is 0.0701 e. The van der Waals surface area contributed by atoms with Crippen LogP contribution in [0.4, 0.5) is 11.4 Å². The molecule has 0 radical (unpaired) electrons. The van der Waals surface area contributed by atoms with E-state index in [-0.39, 0.29) is 6.61 Å². The highest BCUT2D eigenvalue weighted by Crippen LogP contribution is 2.24. The monoisotopic (exact) mass is 214 g/mol. The minimum Gasteiger partial charge on any atom is -0.399 e. The Morgan fingerprint density at radius 2 is 1.50 bits per heavy atom. The van der Waals surface area contributed by atoms with Crippen molar-refractivity contribution in [1.82, 2.24) is 0 Å². The average molecular weight is 214 g/mol. The predicted octanol–water partition coefficient (Wildman–Crippen LogP) is 2.01. The van der Waals surface area contributed by atoms with Gasteiger partial charge in [0.15, 0.2) is 0 Å². The average Bonchev–Trinajstić information content (AvgIpc) is 2.30. The van der Waals surface area contributed by atoms with Gasteiger partial charge in [-0.3, -0.25) is 0 Å². The van der Waals surface area contributed by atoms with Gasteiger partial charge in [0.05, 0.1) is 6.61 Å². The van der Waals surface area contributed by atoms with Gasteiger partial charge in [-0.25, -0.2) is 0 Å². The van der Waals surface area contributed by atoms with Crippen molar-refractivity contribution >= 4 is 11.4 Å². The molecular weight excluding hydrogens is 200 g/mol. The third-order valence-electron chi connectivity index (χ3n) is 2.56. The zero-order chi connectivity index (χ0) is 11.5. The van der Waals surface area contributed by atoms with E-state index in [1.165, 1.54) is 0 Å². The Labute approximate surface area is 94.3 Å². The molecule has 82 valence electrons. The maximum atomic E-state index is 9.02. The molecule has 0 amide bonds. The van der Waals surface area contributed by atoms with Crippen LogP contribution in [0.1, 0.15) is 5.56 Å². The SMILES string of the molecule is Nc1ccc(-c2ccc(CO)c(N)c2)cc1. The van der Waals surface area contributed by atoms with E-state index in [1.54, 1.807) is 0 Å². The molecule has 2 aromatic rings. The number of nitrogen functional groups attached to an aromatic ring is 2. The highest BCUT2D eigenvalue weighted by atomic mass is 16.3. The van der Waals surface area contributed by atoms with Crippen LogP contribution in [0.5, 0.6) is 0 Å². The first-order valence-corrected chi connectivity index (χ1v) is 5.06. The maximum absolute atomic E-state index is 9.02. The van der Waals surface area contributed by atoms with Crippen LogP contribution < -0.4 is 11.5 Å². The molecule has 0 saturated heterocycles. The number of hydrogen-bond acceptors (Lipinski definition) is 3. The molecule has 0 aliphatic rings. The molecule has 3 nitrogen and oxygen atoms in total. The van der Waals surface area contributed by atoms with Crippen LogP contribution in [0, 0.1) is 0 Å². The van der Waals surface area contributed by atoms with Gasteiger partial charge in [0.25, 0.3) is 0 Å². The van der Waals surface area contributed by atoms with Gasteiger partial charge < -0.3 is 16.6 Å². The quantitative estimate of drug-likeness (QED) is 0.669. The zero-order valence-electron chi connectivity index (χ0n) is 8.85. The molecule has 2 rings (SSSR count). The molecule has 0 saturated carbocycles. The Morgan fingerprint density at radius 3 is 2.06 bits per heavy atom. The highest BCUT2D eigenvalue weighted by Gasteiger charge is 2.01. The fourth-order valence-electron chi connectivity index (χ4n) is 1.59. The molecule has 0 bridgehead atoms. The Hall–Kier alpha value is -2.00. The van der Waals surface area contributed by atoms with E-state index in [2.05, 4.69) is 0 Å². The summed E-state index contributed by atoms with van der Waals surface area (Å²) in [5.41, 5.74) is 15.6. The second kappa shape index (κ2) is 4.24. The second-order valence-electron chi connectivity index (χ2n) is 3.69. The summed E-state index contributed by atoms with van der Waals surface area (Å²) >= 11 is 0. The van der Waals surface area contributed by atoms with Gasteiger partial charge in [0, 0.05) is 16.9 Å². The van der Waals surface area contributed by atoms with Gasteiger partial charge in [-0.2, -0.15) is 0 Å². The summed E-state index contributed by atoms with van der Waals surface area (Å²) in [4.78, 5) is 0. The molecular formula is C13H14N2O. The van der Waals surface area contributed by atoms with Gasteiger partial charge >= 0.3 is 0 Å². The van der Waals surface area contributed by atoms with Crippen LogP contribution in [-0.4, -0.2) is 5.11 Å². The summed E-state index contributed by atoms with van der Waals surface area (Å²) in [7, 11) is 0. The predicted molar refractivity (Wildman–Crippen MR) is 66.6 cm³/mol. The first-order chi connectivity index (χ1) is 7.70. The van der Waals surface area contributed by atoms with Crippen LogP contribution in [0.15, 0.2) is 42.5 Å². The molecule has 16 heavy (non-hydrogen) atoms. The lowest BCUT2D eigenvalue weighted by molar-refractivity contribution is 0.282. The second-order valence-corrected chi connectivity index (χ2v) is 3.69. The van der Waals surface area contributed by atoms with Crippen molar-refractivity contribution in [2.45, 2.75) is 6.61 Å². The standard InChI is InChI=1S/C13H14N2O/c14-12-5-3-9(4-6-12)10-1-2-11(8-16)13(15)7-10/h1-7,16H,8,14-15H2. The number of aliphatic hydroxyl groups is 1. The number of anilines is 2. The minimum atomic E-state index is -0.0339. The molecule has 5 N–H and O–H groups in total. The largest absolute Gasteiger partial charge is 0.399 e. The summed E-state index contributed by atoms with van der Waals surface area (Å²) in [6, 6.07) is 13.2. The van der Waals surface area contributed by atoms with Crippen molar-refractivity contribution in [3.05, 3.63) is 48.0 Å². The summed E-state index contributed by atoms with van der Waals surface area (Å²) in [6.45, 7) is -0.0339. The Kier molecular flexibility index (Phi) is 2.79. The fraction of sp³-hybridized carbons (Fsp3) is 0.0769. The number of nitrogens with two attached hydrogens (primary N) is 2. The van der Waals surface area contributed by atoms with Gasteiger partial charge in [-0.15, -0.1) is 0 Å². The highest BCUT2D eigenvalue weighted by molar-refractivity contribution is 5.70. The van der Waals surface area contributed by atoms with Crippen LogP contribution >= 0.6 is 0 Å². The van der Waals surface area contributed by atoms with E-state index in [9.17, 15) is 0 Å². The van der Waals surface area contributed by atoms with Crippen molar-refractivity contribution in [2.75, 3.05) is 11.5 Å². The molecule has 0 aromatic heterocycles. The van der Waals surface area contributed by atoms with E-state index in [0.29, 0.717) is 5.69 Å². The molecule has 2 aromatic carbocycles. The number of aliphatic hydroxyl groups excluding tert-OH is 1. The summed E-state index contributed by atoms with van der Waals surface area (Å²) in [6.07, 6.45) is 0. The van der Waals surface area contributed by atoms with Gasteiger partial charge in [-0.05, 0) is 29.3 Å². The molecule has 0 spiro atoms. The third-order valence-corrected chi connectivity index (χ3v) is 2.56. The first kappa shape index (κ1) is 10.5. The van der Waals surface area contributed by atoms with Crippen molar-refractivity contribution in [3.63, 3.8) is 0 Å². The Bertz CT molecular complexity index is 492. The molecule has 0 atom stereocenters. The lowest BCUT2D eigenvalue weighted by atomic mass is 10.0. The molecule has 0 aliphatic heterocycles. The Balaban J connectivity index is 2.41. The van der Waals surface area contributed by atoms with Crippen LogP contribution in [0.25, 0.3) is 11.1 Å². The normalized spacial score (nSPS) is 10.3.